The fourth-order valence-corrected chi connectivity index (χ4v) is 3.48. The first kappa shape index (κ1) is 16.6. The summed E-state index contributed by atoms with van der Waals surface area (Å²) in [6.45, 7) is 1.49. The van der Waals surface area contributed by atoms with Crippen molar-refractivity contribution in [2.24, 2.45) is 5.41 Å². The van der Waals surface area contributed by atoms with E-state index in [0.29, 0.717) is 16.7 Å². The van der Waals surface area contributed by atoms with Crippen LogP contribution in [0.4, 0.5) is 0 Å². The first-order valence-electron chi connectivity index (χ1n) is 7.90. The minimum absolute atomic E-state index is 0.119. The van der Waals surface area contributed by atoms with Crippen molar-refractivity contribution < 1.29 is 9.90 Å². The number of nitriles is 2. The van der Waals surface area contributed by atoms with Crippen LogP contribution in [-0.2, 0) is 0 Å². The molecule has 25 heavy (non-hydrogen) atoms. The van der Waals surface area contributed by atoms with Crippen molar-refractivity contribution in [3.05, 3.63) is 77.4 Å². The maximum absolute atomic E-state index is 13.1. The van der Waals surface area contributed by atoms with Crippen LogP contribution in [0.5, 0.6) is 0 Å². The van der Waals surface area contributed by atoms with Crippen molar-refractivity contribution in [2.45, 2.75) is 18.9 Å². The van der Waals surface area contributed by atoms with Gasteiger partial charge in [-0.15, -0.1) is 0 Å². The Kier molecular flexibility index (Phi) is 4.00. The van der Waals surface area contributed by atoms with Crippen LogP contribution in [0.15, 0.2) is 66.2 Å². The number of aliphatic hydroxyl groups is 1. The molecule has 0 bridgehead atoms. The molecule has 4 heteroatoms. The lowest BCUT2D eigenvalue weighted by molar-refractivity contribution is 0.0747. The number of hydrogen-bond acceptors (Lipinski definition) is 4. The molecule has 1 N–H and O–H groups in total. The smallest absolute Gasteiger partial charge is 0.192 e. The molecule has 0 aliphatic heterocycles. The van der Waals surface area contributed by atoms with Gasteiger partial charge in [-0.2, -0.15) is 10.5 Å². The van der Waals surface area contributed by atoms with E-state index < -0.39 is 11.0 Å². The van der Waals surface area contributed by atoms with Crippen LogP contribution in [0, 0.1) is 28.1 Å². The number of ketones is 1. The predicted octanol–water partition coefficient (Wildman–Crippen LogP) is 3.51. The second-order valence-corrected chi connectivity index (χ2v) is 6.39. The highest BCUT2D eigenvalue weighted by molar-refractivity contribution is 6.16. The van der Waals surface area contributed by atoms with E-state index in [1.807, 2.05) is 18.2 Å². The lowest BCUT2D eigenvalue weighted by Crippen LogP contribution is -2.30. The first-order chi connectivity index (χ1) is 11.9. The lowest BCUT2D eigenvalue weighted by Gasteiger charge is -2.21. The van der Waals surface area contributed by atoms with Gasteiger partial charge in [-0.05, 0) is 12.5 Å². The fraction of sp³-hybridized carbons (Fsp3) is 0.190. The Bertz CT molecular complexity index is 915. The summed E-state index contributed by atoms with van der Waals surface area (Å²) in [5, 5.41) is 30.4. The van der Waals surface area contributed by atoms with Crippen LogP contribution < -0.4 is 0 Å². The van der Waals surface area contributed by atoms with Crippen molar-refractivity contribution in [3.63, 3.8) is 0 Å². The molecule has 2 aromatic carbocycles. The lowest BCUT2D eigenvalue weighted by atomic mass is 9.79. The molecule has 4 nitrogen and oxygen atoms in total. The van der Waals surface area contributed by atoms with Gasteiger partial charge in [0.1, 0.15) is 0 Å². The maximum atomic E-state index is 13.1. The summed E-state index contributed by atoms with van der Waals surface area (Å²) in [6, 6.07) is 21.5. The maximum Gasteiger partial charge on any atom is 0.192 e. The number of rotatable bonds is 3. The molecular weight excluding hydrogens is 312 g/mol. The van der Waals surface area contributed by atoms with Gasteiger partial charge in [0.25, 0.3) is 0 Å². The van der Waals surface area contributed by atoms with Crippen molar-refractivity contribution in [2.75, 3.05) is 0 Å². The second kappa shape index (κ2) is 6.02. The monoisotopic (exact) mass is 328 g/mol. The molecule has 0 aromatic heterocycles. The molecule has 3 rings (SSSR count). The van der Waals surface area contributed by atoms with E-state index in [1.54, 1.807) is 54.6 Å². The fourth-order valence-electron chi connectivity index (χ4n) is 3.48. The Labute approximate surface area is 146 Å². The number of benzene rings is 2. The number of allylic oxidation sites excluding steroid dienone is 1. The third-order valence-electron chi connectivity index (χ3n) is 4.53. The Morgan fingerprint density at radius 3 is 2.04 bits per heavy atom. The summed E-state index contributed by atoms with van der Waals surface area (Å²) >= 11 is 0. The van der Waals surface area contributed by atoms with Crippen molar-refractivity contribution in [3.8, 4) is 12.1 Å². The van der Waals surface area contributed by atoms with Gasteiger partial charge in [0.2, 0.25) is 0 Å². The minimum atomic E-state index is -1.57. The number of carbonyl (C=O) groups excluding carboxylic acids is 1. The molecule has 0 fully saturated rings. The van der Waals surface area contributed by atoms with E-state index in [2.05, 4.69) is 0 Å². The largest absolute Gasteiger partial charge is 0.385 e. The summed E-state index contributed by atoms with van der Waals surface area (Å²) in [5.41, 5.74) is -1.70. The van der Waals surface area contributed by atoms with Crippen LogP contribution in [0.1, 0.15) is 29.3 Å². The molecule has 0 radical (unpaired) electrons. The molecular formula is C21H16N2O2. The molecule has 0 spiro atoms. The summed E-state index contributed by atoms with van der Waals surface area (Å²) in [6.07, 6.45) is -0.134. The third kappa shape index (κ3) is 2.63. The van der Waals surface area contributed by atoms with Crippen molar-refractivity contribution in [1.82, 2.24) is 0 Å². The molecule has 0 saturated carbocycles. The minimum Gasteiger partial charge on any atom is -0.385 e. The quantitative estimate of drug-likeness (QED) is 0.874. The average molecular weight is 328 g/mol. The Hall–Kier alpha value is -3.21. The standard InChI is InChI=1S/C21H16N2O2/c1-20(25)12-21(13-22,14-23)17(15-8-4-2-5-9-15)18(20)19(24)16-10-6-3-7-11-16/h2-11,25H,12H2,1H3/t20-/m0/s1. The van der Waals surface area contributed by atoms with Gasteiger partial charge in [-0.3, -0.25) is 4.79 Å². The summed E-state index contributed by atoms with van der Waals surface area (Å²) in [7, 11) is 0. The molecule has 0 saturated heterocycles. The van der Waals surface area contributed by atoms with Gasteiger partial charge in [0, 0.05) is 23.1 Å². The van der Waals surface area contributed by atoms with Gasteiger partial charge in [0.15, 0.2) is 11.2 Å². The van der Waals surface area contributed by atoms with E-state index in [4.69, 9.17) is 0 Å². The van der Waals surface area contributed by atoms with Gasteiger partial charge in [0.05, 0.1) is 17.7 Å². The molecule has 1 aliphatic carbocycles. The van der Waals surface area contributed by atoms with E-state index in [1.165, 1.54) is 6.92 Å². The molecule has 1 atom stereocenters. The summed E-state index contributed by atoms with van der Waals surface area (Å²) < 4.78 is 0. The van der Waals surface area contributed by atoms with E-state index in [0.717, 1.165) is 0 Å². The van der Waals surface area contributed by atoms with E-state index in [-0.39, 0.29) is 17.8 Å². The number of nitrogens with zero attached hydrogens (tertiary/aromatic N) is 2. The number of carbonyl (C=O) groups is 1. The molecule has 2 aromatic rings. The number of Topliss-reactive ketones (excluding diaryl/α,β-unsaturated/α-hetero) is 1. The van der Waals surface area contributed by atoms with Crippen LogP contribution >= 0.6 is 0 Å². The SMILES string of the molecule is C[C@]1(O)CC(C#N)(C#N)C(c2ccccc2)=C1C(=O)c1ccccc1. The zero-order valence-corrected chi connectivity index (χ0v) is 13.7. The highest BCUT2D eigenvalue weighted by atomic mass is 16.3. The molecule has 122 valence electrons. The van der Waals surface area contributed by atoms with Crippen LogP contribution in [0.2, 0.25) is 0 Å². The van der Waals surface area contributed by atoms with Gasteiger partial charge < -0.3 is 5.11 Å². The second-order valence-electron chi connectivity index (χ2n) is 6.39. The normalized spacial score (nSPS) is 21.4. The van der Waals surface area contributed by atoms with Crippen molar-refractivity contribution in [1.29, 1.82) is 10.5 Å². The average Bonchev–Trinajstić information content (AvgIpc) is 2.90. The van der Waals surface area contributed by atoms with Gasteiger partial charge in [-0.1, -0.05) is 60.7 Å². The third-order valence-corrected chi connectivity index (χ3v) is 4.53. The van der Waals surface area contributed by atoms with Crippen LogP contribution in [0.3, 0.4) is 0 Å². The van der Waals surface area contributed by atoms with Crippen LogP contribution in [-0.4, -0.2) is 16.5 Å². The zero-order valence-electron chi connectivity index (χ0n) is 13.7. The highest BCUT2D eigenvalue weighted by Gasteiger charge is 2.54. The molecule has 0 amide bonds. The Morgan fingerprint density at radius 1 is 1.00 bits per heavy atom. The predicted molar refractivity (Wildman–Crippen MR) is 93.0 cm³/mol. The Balaban J connectivity index is 2.33. The summed E-state index contributed by atoms with van der Waals surface area (Å²) in [5.74, 6) is -0.364. The van der Waals surface area contributed by atoms with Gasteiger partial charge in [-0.25, -0.2) is 0 Å². The van der Waals surface area contributed by atoms with Crippen LogP contribution in [0.25, 0.3) is 5.57 Å². The summed E-state index contributed by atoms with van der Waals surface area (Å²) in [4.78, 5) is 13.1. The van der Waals surface area contributed by atoms with Gasteiger partial charge >= 0.3 is 0 Å². The highest BCUT2D eigenvalue weighted by Crippen LogP contribution is 2.53. The Morgan fingerprint density at radius 2 is 1.52 bits per heavy atom. The topological polar surface area (TPSA) is 84.9 Å². The van der Waals surface area contributed by atoms with E-state index in [9.17, 15) is 20.4 Å². The molecule has 0 unspecified atom stereocenters. The first-order valence-corrected chi connectivity index (χ1v) is 7.90. The van der Waals surface area contributed by atoms with E-state index >= 15 is 0 Å². The molecule has 1 aliphatic rings. The number of hydrogen-bond donors (Lipinski definition) is 1. The van der Waals surface area contributed by atoms with Crippen molar-refractivity contribution >= 4 is 11.4 Å². The molecule has 0 heterocycles. The zero-order chi connectivity index (χ0) is 18.1.